The van der Waals surface area contributed by atoms with Crippen LogP contribution in [0.1, 0.15) is 41.6 Å². The second-order valence-corrected chi connectivity index (χ2v) is 8.02. The molecule has 1 fully saturated rings. The summed E-state index contributed by atoms with van der Waals surface area (Å²) < 4.78 is 5.19. The van der Waals surface area contributed by atoms with Crippen LogP contribution in [-0.4, -0.2) is 30.4 Å². The number of rotatable bonds is 7. The van der Waals surface area contributed by atoms with E-state index in [1.54, 1.807) is 24.3 Å². The summed E-state index contributed by atoms with van der Waals surface area (Å²) in [6.07, 6.45) is 4.27. The van der Waals surface area contributed by atoms with Gasteiger partial charge < -0.3 is 15.4 Å². The lowest BCUT2D eigenvalue weighted by molar-refractivity contribution is -0.146. The number of carbonyl (C=O) groups excluding carboxylic acids is 3. The molecule has 0 radical (unpaired) electrons. The summed E-state index contributed by atoms with van der Waals surface area (Å²) in [6, 6.07) is 20.6. The van der Waals surface area contributed by atoms with Crippen molar-refractivity contribution >= 4 is 34.2 Å². The van der Waals surface area contributed by atoms with Gasteiger partial charge >= 0.3 is 5.97 Å². The van der Waals surface area contributed by atoms with E-state index in [2.05, 4.69) is 10.6 Å². The highest BCUT2D eigenvalue weighted by Crippen LogP contribution is 2.21. The topological polar surface area (TPSA) is 84.5 Å². The smallest absolute Gasteiger partial charge is 0.310 e. The number of nitrogens with one attached hydrogen (secondary N) is 2. The summed E-state index contributed by atoms with van der Waals surface area (Å²) in [7, 11) is 0. The van der Waals surface area contributed by atoms with Crippen molar-refractivity contribution in [3.8, 4) is 0 Å². The van der Waals surface area contributed by atoms with Crippen LogP contribution >= 0.6 is 0 Å². The third-order valence-corrected chi connectivity index (χ3v) is 5.72. The molecule has 2 amide bonds. The van der Waals surface area contributed by atoms with Crippen molar-refractivity contribution in [3.63, 3.8) is 0 Å². The van der Waals surface area contributed by atoms with Gasteiger partial charge in [0.15, 0.2) is 6.61 Å². The fraction of sp³-hybridized carbons (Fsp3) is 0.269. The van der Waals surface area contributed by atoms with Gasteiger partial charge in [-0.1, -0.05) is 67.4 Å². The van der Waals surface area contributed by atoms with Crippen molar-refractivity contribution in [2.75, 3.05) is 11.9 Å². The van der Waals surface area contributed by atoms with Gasteiger partial charge in [0.1, 0.15) is 0 Å². The second kappa shape index (κ2) is 10.1. The molecular formula is C26H26N2O4. The molecule has 6 heteroatoms. The van der Waals surface area contributed by atoms with Gasteiger partial charge in [-0.05, 0) is 41.3 Å². The van der Waals surface area contributed by atoms with E-state index in [4.69, 9.17) is 4.74 Å². The van der Waals surface area contributed by atoms with Gasteiger partial charge in [-0.15, -0.1) is 0 Å². The Hall–Kier alpha value is -3.67. The number of amides is 2. The quantitative estimate of drug-likeness (QED) is 0.549. The number of anilines is 1. The molecule has 0 unspecified atom stereocenters. The molecule has 0 atom stereocenters. The monoisotopic (exact) mass is 430 g/mol. The minimum absolute atomic E-state index is 0.0784. The molecule has 1 saturated carbocycles. The van der Waals surface area contributed by atoms with Crippen LogP contribution in [0.15, 0.2) is 66.7 Å². The molecule has 4 rings (SSSR count). The lowest BCUT2D eigenvalue weighted by Gasteiger charge is -2.15. The van der Waals surface area contributed by atoms with Crippen LogP contribution in [0.2, 0.25) is 0 Å². The summed E-state index contributed by atoms with van der Waals surface area (Å²) >= 11 is 0. The van der Waals surface area contributed by atoms with E-state index < -0.39 is 18.5 Å². The number of para-hydroxylation sites is 1. The number of hydrogen-bond donors (Lipinski definition) is 2. The lowest BCUT2D eigenvalue weighted by atomic mass is 10.0. The molecule has 164 valence electrons. The van der Waals surface area contributed by atoms with Crippen molar-refractivity contribution in [2.24, 2.45) is 0 Å². The molecular weight excluding hydrogens is 404 g/mol. The number of ether oxygens (including phenoxy) is 1. The van der Waals surface area contributed by atoms with Crippen LogP contribution in [0, 0.1) is 0 Å². The zero-order valence-corrected chi connectivity index (χ0v) is 17.8. The molecule has 2 N–H and O–H groups in total. The highest BCUT2D eigenvalue weighted by atomic mass is 16.5. The molecule has 0 saturated heterocycles. The molecule has 6 nitrogen and oxygen atoms in total. The summed E-state index contributed by atoms with van der Waals surface area (Å²) in [4.78, 5) is 37.3. The maximum atomic E-state index is 12.6. The summed E-state index contributed by atoms with van der Waals surface area (Å²) in [5, 5.41) is 7.74. The Balaban J connectivity index is 1.33. The second-order valence-electron chi connectivity index (χ2n) is 8.02. The highest BCUT2D eigenvalue weighted by molar-refractivity contribution is 6.04. The van der Waals surface area contributed by atoms with Gasteiger partial charge in [0.05, 0.1) is 17.7 Å². The van der Waals surface area contributed by atoms with Gasteiger partial charge in [-0.25, -0.2) is 0 Å². The van der Waals surface area contributed by atoms with E-state index in [0.717, 1.165) is 42.0 Å². The van der Waals surface area contributed by atoms with Crippen LogP contribution in [0.4, 0.5) is 5.69 Å². The fourth-order valence-electron chi connectivity index (χ4n) is 4.11. The number of benzene rings is 3. The molecule has 1 aliphatic rings. The standard InChI is InChI=1S/C26H26N2O4/c29-24(17-32-25(30)16-19-10-7-9-18-8-1-4-13-21(18)19)28-23-15-6-5-14-22(23)26(31)27-20-11-2-3-12-20/h1,4-10,13-15,20H,2-3,11-12,16-17H2,(H,27,31)(H,28,29). The van der Waals surface area contributed by atoms with E-state index in [0.29, 0.717) is 11.3 Å². The Labute approximate surface area is 187 Å². The predicted octanol–water partition coefficient (Wildman–Crippen LogP) is 4.24. The average Bonchev–Trinajstić information content (AvgIpc) is 3.31. The molecule has 0 heterocycles. The summed E-state index contributed by atoms with van der Waals surface area (Å²) in [5.74, 6) is -1.18. The Morgan fingerprint density at radius 3 is 2.44 bits per heavy atom. The first-order chi connectivity index (χ1) is 15.6. The van der Waals surface area contributed by atoms with Gasteiger partial charge in [-0.2, -0.15) is 0 Å². The maximum Gasteiger partial charge on any atom is 0.310 e. The first-order valence-electron chi connectivity index (χ1n) is 10.9. The van der Waals surface area contributed by atoms with Crippen molar-refractivity contribution < 1.29 is 19.1 Å². The summed E-state index contributed by atoms with van der Waals surface area (Å²) in [6.45, 7) is -0.415. The molecule has 3 aromatic rings. The van der Waals surface area contributed by atoms with Crippen LogP contribution < -0.4 is 10.6 Å². The van der Waals surface area contributed by atoms with E-state index in [-0.39, 0.29) is 18.4 Å². The number of carbonyl (C=O) groups is 3. The predicted molar refractivity (Wildman–Crippen MR) is 123 cm³/mol. The SMILES string of the molecule is O=C(COC(=O)Cc1cccc2ccccc12)Nc1ccccc1C(=O)NC1CCCC1. The Morgan fingerprint density at radius 2 is 1.59 bits per heavy atom. The maximum absolute atomic E-state index is 12.6. The van der Waals surface area contributed by atoms with Crippen molar-refractivity contribution in [2.45, 2.75) is 38.1 Å². The molecule has 3 aromatic carbocycles. The van der Waals surface area contributed by atoms with Crippen LogP contribution in [0.5, 0.6) is 0 Å². The third kappa shape index (κ3) is 5.32. The first-order valence-corrected chi connectivity index (χ1v) is 10.9. The number of fused-ring (bicyclic) bond motifs is 1. The molecule has 0 aromatic heterocycles. The van der Waals surface area contributed by atoms with Gasteiger partial charge in [0, 0.05) is 6.04 Å². The number of hydrogen-bond acceptors (Lipinski definition) is 4. The molecule has 32 heavy (non-hydrogen) atoms. The zero-order chi connectivity index (χ0) is 22.3. The van der Waals surface area contributed by atoms with Crippen molar-refractivity contribution in [3.05, 3.63) is 77.9 Å². The Morgan fingerprint density at radius 1 is 0.875 bits per heavy atom. The van der Waals surface area contributed by atoms with Gasteiger partial charge in [0.2, 0.25) is 0 Å². The van der Waals surface area contributed by atoms with Crippen molar-refractivity contribution in [1.82, 2.24) is 5.32 Å². The molecule has 1 aliphatic carbocycles. The van der Waals surface area contributed by atoms with Crippen molar-refractivity contribution in [1.29, 1.82) is 0 Å². The van der Waals surface area contributed by atoms with E-state index >= 15 is 0 Å². The largest absolute Gasteiger partial charge is 0.455 e. The minimum atomic E-state index is -0.489. The molecule has 0 spiro atoms. The molecule has 0 bridgehead atoms. The van der Waals surface area contributed by atoms with Crippen LogP contribution in [0.3, 0.4) is 0 Å². The Kier molecular flexibility index (Phi) is 6.80. The number of esters is 1. The highest BCUT2D eigenvalue weighted by Gasteiger charge is 2.20. The van der Waals surface area contributed by atoms with E-state index in [1.165, 1.54) is 0 Å². The van der Waals surface area contributed by atoms with Gasteiger partial charge in [-0.3, -0.25) is 14.4 Å². The zero-order valence-electron chi connectivity index (χ0n) is 17.8. The van der Waals surface area contributed by atoms with Gasteiger partial charge in [0.25, 0.3) is 11.8 Å². The molecule has 0 aliphatic heterocycles. The van der Waals surface area contributed by atoms with Crippen LogP contribution in [0.25, 0.3) is 10.8 Å². The van der Waals surface area contributed by atoms with Crippen LogP contribution in [-0.2, 0) is 20.7 Å². The minimum Gasteiger partial charge on any atom is -0.455 e. The summed E-state index contributed by atoms with van der Waals surface area (Å²) in [5.41, 5.74) is 1.65. The van der Waals surface area contributed by atoms with E-state index in [1.807, 2.05) is 42.5 Å². The fourth-order valence-corrected chi connectivity index (χ4v) is 4.11. The first kappa shape index (κ1) is 21.6. The lowest BCUT2D eigenvalue weighted by Crippen LogP contribution is -2.33. The van der Waals surface area contributed by atoms with E-state index in [9.17, 15) is 14.4 Å². The normalized spacial score (nSPS) is 13.6. The average molecular weight is 431 g/mol. The Bertz CT molecular complexity index is 1130. The third-order valence-electron chi connectivity index (χ3n) is 5.72.